The van der Waals surface area contributed by atoms with Crippen LogP contribution in [0, 0.1) is 0 Å². The van der Waals surface area contributed by atoms with E-state index in [0.717, 1.165) is 11.3 Å². The van der Waals surface area contributed by atoms with Crippen LogP contribution in [0.3, 0.4) is 0 Å². The lowest BCUT2D eigenvalue weighted by molar-refractivity contribution is -0.123. The van der Waals surface area contributed by atoms with Gasteiger partial charge in [-0.2, -0.15) is 16.9 Å². The number of H-pyrrole nitrogens is 1. The Labute approximate surface area is 116 Å². The number of carbonyl (C=O) groups excluding carboxylic acids is 2. The molecular formula is C11H19N5O2S. The van der Waals surface area contributed by atoms with Crippen LogP contribution in [-0.2, 0) is 4.79 Å². The zero-order valence-electron chi connectivity index (χ0n) is 11.0. The van der Waals surface area contributed by atoms with Gasteiger partial charge in [0, 0.05) is 11.8 Å². The average molecular weight is 285 g/mol. The van der Waals surface area contributed by atoms with E-state index < -0.39 is 12.1 Å². The Bertz CT molecular complexity index is 409. The van der Waals surface area contributed by atoms with Gasteiger partial charge in [0.1, 0.15) is 6.04 Å². The molecule has 2 atom stereocenters. The van der Waals surface area contributed by atoms with E-state index in [1.54, 1.807) is 24.2 Å². The van der Waals surface area contributed by atoms with Crippen molar-refractivity contribution >= 4 is 23.7 Å². The smallest absolute Gasteiger partial charge is 0.312 e. The summed E-state index contributed by atoms with van der Waals surface area (Å²) in [6.45, 7) is 1.85. The van der Waals surface area contributed by atoms with Gasteiger partial charge in [-0.3, -0.25) is 9.89 Å². The zero-order valence-corrected chi connectivity index (χ0v) is 11.8. The van der Waals surface area contributed by atoms with Crippen molar-refractivity contribution in [3.05, 3.63) is 18.0 Å². The topological polar surface area (TPSA) is 113 Å². The van der Waals surface area contributed by atoms with Gasteiger partial charge in [0.15, 0.2) is 0 Å². The summed E-state index contributed by atoms with van der Waals surface area (Å²) < 4.78 is 0. The molecule has 3 amide bonds. The van der Waals surface area contributed by atoms with Gasteiger partial charge in [-0.25, -0.2) is 4.79 Å². The Balaban J connectivity index is 2.57. The molecule has 1 aromatic rings. The minimum Gasteiger partial charge on any atom is -0.352 e. The summed E-state index contributed by atoms with van der Waals surface area (Å²) >= 11 is 1.60. The lowest BCUT2D eigenvalue weighted by Gasteiger charge is -2.19. The number of primary amides is 1. The van der Waals surface area contributed by atoms with E-state index in [-0.39, 0.29) is 11.9 Å². The summed E-state index contributed by atoms with van der Waals surface area (Å²) in [7, 11) is 0. The molecule has 1 rings (SSSR count). The number of amides is 3. The summed E-state index contributed by atoms with van der Waals surface area (Å²) in [4.78, 5) is 23.0. The number of nitrogens with zero attached hydrogens (tertiary/aromatic N) is 1. The second-order valence-corrected chi connectivity index (χ2v) is 5.09. The maximum Gasteiger partial charge on any atom is 0.312 e. The molecule has 0 fully saturated rings. The first-order chi connectivity index (χ1) is 9.04. The highest BCUT2D eigenvalue weighted by Gasteiger charge is 2.21. The average Bonchev–Trinajstić information content (AvgIpc) is 2.87. The van der Waals surface area contributed by atoms with Gasteiger partial charge in [-0.05, 0) is 25.4 Å². The predicted molar refractivity (Wildman–Crippen MR) is 74.7 cm³/mol. The fraction of sp³-hybridized carbons (Fsp3) is 0.545. The van der Waals surface area contributed by atoms with Crippen LogP contribution in [0.1, 0.15) is 24.9 Å². The van der Waals surface area contributed by atoms with Crippen molar-refractivity contribution in [1.82, 2.24) is 20.8 Å². The van der Waals surface area contributed by atoms with Gasteiger partial charge in [-0.15, -0.1) is 0 Å². The third-order valence-corrected chi connectivity index (χ3v) is 3.27. The van der Waals surface area contributed by atoms with Crippen molar-refractivity contribution in [2.45, 2.75) is 25.4 Å². The number of nitrogens with two attached hydrogens (primary N) is 1. The van der Waals surface area contributed by atoms with Crippen LogP contribution < -0.4 is 16.4 Å². The number of rotatable bonds is 7. The van der Waals surface area contributed by atoms with Crippen LogP contribution in [0.4, 0.5) is 4.79 Å². The third-order valence-electron chi connectivity index (χ3n) is 2.62. The standard InChI is InChI=1S/C11H19N5O2S/c1-7(8-5-13-14-6-8)15-10(17)9(3-4-19-2)16-11(12)18/h5-7,9H,3-4H2,1-2H3,(H,13,14)(H,15,17)(H3,12,16,18). The number of urea groups is 1. The molecule has 7 nitrogen and oxygen atoms in total. The molecule has 0 aliphatic heterocycles. The fourth-order valence-electron chi connectivity index (χ4n) is 1.57. The summed E-state index contributed by atoms with van der Waals surface area (Å²) in [6.07, 6.45) is 5.83. The van der Waals surface area contributed by atoms with Crippen molar-refractivity contribution in [2.24, 2.45) is 5.73 Å². The lowest BCUT2D eigenvalue weighted by Crippen LogP contribution is -2.49. The summed E-state index contributed by atoms with van der Waals surface area (Å²) in [5.41, 5.74) is 5.95. The van der Waals surface area contributed by atoms with Crippen molar-refractivity contribution in [1.29, 1.82) is 0 Å². The van der Waals surface area contributed by atoms with Gasteiger partial charge in [0.05, 0.1) is 12.2 Å². The quantitative estimate of drug-likeness (QED) is 0.580. The zero-order chi connectivity index (χ0) is 14.3. The number of aromatic nitrogens is 2. The molecule has 8 heteroatoms. The molecule has 0 bridgehead atoms. The monoisotopic (exact) mass is 285 g/mol. The highest BCUT2D eigenvalue weighted by atomic mass is 32.2. The molecule has 0 aliphatic carbocycles. The first kappa shape index (κ1) is 15.4. The molecule has 5 N–H and O–H groups in total. The molecule has 19 heavy (non-hydrogen) atoms. The molecule has 0 saturated heterocycles. The summed E-state index contributed by atoms with van der Waals surface area (Å²) in [5.74, 6) is 0.514. The van der Waals surface area contributed by atoms with Crippen LogP contribution in [-0.4, -0.2) is 40.2 Å². The summed E-state index contributed by atoms with van der Waals surface area (Å²) in [5, 5.41) is 11.8. The largest absolute Gasteiger partial charge is 0.352 e. The number of hydrogen-bond acceptors (Lipinski definition) is 4. The van der Waals surface area contributed by atoms with E-state index in [0.29, 0.717) is 6.42 Å². The molecule has 1 aromatic heterocycles. The number of carbonyl (C=O) groups is 2. The van der Waals surface area contributed by atoms with Gasteiger partial charge in [-0.1, -0.05) is 0 Å². The second kappa shape index (κ2) is 7.67. The maximum atomic E-state index is 12.1. The van der Waals surface area contributed by atoms with E-state index in [2.05, 4.69) is 20.8 Å². The van der Waals surface area contributed by atoms with Crippen molar-refractivity contribution in [2.75, 3.05) is 12.0 Å². The molecular weight excluding hydrogens is 266 g/mol. The molecule has 0 radical (unpaired) electrons. The highest BCUT2D eigenvalue weighted by Crippen LogP contribution is 2.10. The minimum absolute atomic E-state index is 0.183. The predicted octanol–water partition coefficient (Wildman–Crippen LogP) is 0.377. The number of nitrogens with one attached hydrogen (secondary N) is 3. The van der Waals surface area contributed by atoms with Gasteiger partial charge >= 0.3 is 6.03 Å². The molecule has 0 aliphatic rings. The van der Waals surface area contributed by atoms with E-state index >= 15 is 0 Å². The van der Waals surface area contributed by atoms with E-state index in [1.807, 2.05) is 13.2 Å². The fourth-order valence-corrected chi connectivity index (χ4v) is 2.04. The second-order valence-electron chi connectivity index (χ2n) is 4.10. The molecule has 0 aromatic carbocycles. The molecule has 106 valence electrons. The van der Waals surface area contributed by atoms with Crippen molar-refractivity contribution in [3.8, 4) is 0 Å². The Morgan fingerprint density at radius 2 is 2.26 bits per heavy atom. The van der Waals surface area contributed by atoms with Gasteiger partial charge < -0.3 is 16.4 Å². The van der Waals surface area contributed by atoms with Gasteiger partial charge in [0.25, 0.3) is 0 Å². The molecule has 0 saturated carbocycles. The number of hydrogen-bond donors (Lipinski definition) is 4. The lowest BCUT2D eigenvalue weighted by atomic mass is 10.1. The van der Waals surface area contributed by atoms with E-state index in [1.165, 1.54) is 0 Å². The Kier molecular flexibility index (Phi) is 6.20. The summed E-state index contributed by atoms with van der Waals surface area (Å²) in [6, 6.07) is -1.49. The number of aromatic amines is 1. The third kappa shape index (κ3) is 5.21. The van der Waals surface area contributed by atoms with Gasteiger partial charge in [0.2, 0.25) is 5.91 Å². The Hall–Kier alpha value is -1.70. The van der Waals surface area contributed by atoms with Crippen LogP contribution in [0.5, 0.6) is 0 Å². The van der Waals surface area contributed by atoms with Crippen molar-refractivity contribution < 1.29 is 9.59 Å². The first-order valence-electron chi connectivity index (χ1n) is 5.88. The van der Waals surface area contributed by atoms with E-state index in [9.17, 15) is 9.59 Å². The van der Waals surface area contributed by atoms with Crippen LogP contribution in [0.25, 0.3) is 0 Å². The van der Waals surface area contributed by atoms with Crippen LogP contribution in [0.15, 0.2) is 12.4 Å². The Morgan fingerprint density at radius 3 is 2.79 bits per heavy atom. The van der Waals surface area contributed by atoms with Crippen molar-refractivity contribution in [3.63, 3.8) is 0 Å². The highest BCUT2D eigenvalue weighted by molar-refractivity contribution is 7.98. The SMILES string of the molecule is CSCCC(NC(N)=O)C(=O)NC(C)c1cn[nH]c1. The first-order valence-corrected chi connectivity index (χ1v) is 7.28. The molecule has 0 spiro atoms. The van der Waals surface area contributed by atoms with E-state index in [4.69, 9.17) is 5.73 Å². The Morgan fingerprint density at radius 1 is 1.53 bits per heavy atom. The maximum absolute atomic E-state index is 12.1. The van der Waals surface area contributed by atoms with Crippen LogP contribution in [0.2, 0.25) is 0 Å². The minimum atomic E-state index is -0.697. The molecule has 2 unspecified atom stereocenters. The normalized spacial score (nSPS) is 13.6. The number of thioether (sulfide) groups is 1. The van der Waals surface area contributed by atoms with Crippen LogP contribution >= 0.6 is 11.8 Å². The molecule has 1 heterocycles.